The first-order valence-corrected chi connectivity index (χ1v) is 7.81. The minimum atomic E-state index is -3.45. The fraction of sp³-hybridized carbons (Fsp3) is 0.538. The van der Waals surface area contributed by atoms with Gasteiger partial charge >= 0.3 is 0 Å². The summed E-state index contributed by atoms with van der Waals surface area (Å²) in [4.78, 5) is 0.255. The van der Waals surface area contributed by atoms with Gasteiger partial charge in [-0.25, -0.2) is 13.1 Å². The number of sulfonamides is 1. The van der Waals surface area contributed by atoms with Crippen LogP contribution >= 0.6 is 0 Å². The first-order chi connectivity index (χ1) is 9.12. The van der Waals surface area contributed by atoms with Crippen molar-refractivity contribution in [2.45, 2.75) is 17.7 Å². The largest absolute Gasteiger partial charge is 0.497 e. The highest BCUT2D eigenvalue weighted by molar-refractivity contribution is 7.89. The summed E-state index contributed by atoms with van der Waals surface area (Å²) in [5, 5.41) is 0. The van der Waals surface area contributed by atoms with Crippen LogP contribution in [0.3, 0.4) is 0 Å². The maximum absolute atomic E-state index is 12.1. The molecule has 1 aliphatic heterocycles. The number of nitrogens with one attached hydrogen (secondary N) is 1. The van der Waals surface area contributed by atoms with Gasteiger partial charge < -0.3 is 9.47 Å². The molecule has 1 saturated heterocycles. The van der Waals surface area contributed by atoms with Crippen LogP contribution in [0.2, 0.25) is 0 Å². The van der Waals surface area contributed by atoms with Crippen molar-refractivity contribution < 1.29 is 17.9 Å². The van der Waals surface area contributed by atoms with Gasteiger partial charge in [-0.1, -0.05) is 0 Å². The molecule has 6 heteroatoms. The molecule has 5 nitrogen and oxygen atoms in total. The Balaban J connectivity index is 1.96. The van der Waals surface area contributed by atoms with Crippen molar-refractivity contribution in [1.82, 2.24) is 4.72 Å². The highest BCUT2D eigenvalue weighted by Gasteiger charge is 2.19. The second-order valence-corrected chi connectivity index (χ2v) is 6.38. The van der Waals surface area contributed by atoms with Gasteiger partial charge in [0, 0.05) is 13.2 Å². The van der Waals surface area contributed by atoms with Gasteiger partial charge in [-0.15, -0.1) is 0 Å². The maximum atomic E-state index is 12.1. The summed E-state index contributed by atoms with van der Waals surface area (Å²) in [5.74, 6) is 0.904. The van der Waals surface area contributed by atoms with E-state index in [4.69, 9.17) is 9.47 Å². The molecule has 1 heterocycles. The second-order valence-electron chi connectivity index (χ2n) is 4.61. The van der Waals surface area contributed by atoms with E-state index < -0.39 is 10.0 Å². The molecule has 19 heavy (non-hydrogen) atoms. The Morgan fingerprint density at radius 2 is 2.11 bits per heavy atom. The minimum absolute atomic E-state index is 0.255. The lowest BCUT2D eigenvalue weighted by molar-refractivity contribution is 0.0568. The van der Waals surface area contributed by atoms with E-state index >= 15 is 0 Å². The van der Waals surface area contributed by atoms with E-state index in [0.717, 1.165) is 19.4 Å². The van der Waals surface area contributed by atoms with Crippen LogP contribution < -0.4 is 9.46 Å². The molecule has 1 N–H and O–H groups in total. The molecule has 1 aliphatic rings. The monoisotopic (exact) mass is 285 g/mol. The minimum Gasteiger partial charge on any atom is -0.497 e. The number of ether oxygens (including phenoxy) is 2. The molecule has 0 aromatic heterocycles. The molecule has 0 radical (unpaired) electrons. The number of methoxy groups -OCH3 is 1. The fourth-order valence-electron chi connectivity index (χ4n) is 2.03. The number of rotatable bonds is 5. The highest BCUT2D eigenvalue weighted by atomic mass is 32.2. The van der Waals surface area contributed by atoms with Gasteiger partial charge in [-0.05, 0) is 43.0 Å². The average Bonchev–Trinajstić information content (AvgIpc) is 2.46. The Morgan fingerprint density at radius 1 is 1.37 bits per heavy atom. The molecule has 0 aliphatic carbocycles. The number of hydrogen-bond acceptors (Lipinski definition) is 4. The third kappa shape index (κ3) is 3.92. The predicted molar refractivity (Wildman–Crippen MR) is 71.7 cm³/mol. The van der Waals surface area contributed by atoms with Gasteiger partial charge in [0.05, 0.1) is 18.6 Å². The van der Waals surface area contributed by atoms with Crippen molar-refractivity contribution in [1.29, 1.82) is 0 Å². The van der Waals surface area contributed by atoms with E-state index in [1.807, 2.05) is 0 Å². The SMILES string of the molecule is COc1ccc(S(=O)(=O)NCC2CCCOC2)cc1. The topological polar surface area (TPSA) is 64.6 Å². The lowest BCUT2D eigenvalue weighted by atomic mass is 10.0. The van der Waals surface area contributed by atoms with E-state index in [0.29, 0.717) is 18.9 Å². The van der Waals surface area contributed by atoms with Gasteiger partial charge in [0.1, 0.15) is 5.75 Å². The smallest absolute Gasteiger partial charge is 0.240 e. The molecular weight excluding hydrogens is 266 g/mol. The van der Waals surface area contributed by atoms with Crippen LogP contribution in [0.4, 0.5) is 0 Å². The highest BCUT2D eigenvalue weighted by Crippen LogP contribution is 2.17. The van der Waals surface area contributed by atoms with E-state index in [-0.39, 0.29) is 10.8 Å². The quantitative estimate of drug-likeness (QED) is 0.888. The zero-order valence-electron chi connectivity index (χ0n) is 11.0. The van der Waals surface area contributed by atoms with Gasteiger partial charge in [0.2, 0.25) is 10.0 Å². The van der Waals surface area contributed by atoms with Crippen molar-refractivity contribution in [3.63, 3.8) is 0 Å². The van der Waals surface area contributed by atoms with Crippen LogP contribution in [0.15, 0.2) is 29.2 Å². The summed E-state index contributed by atoms with van der Waals surface area (Å²) in [6, 6.07) is 6.35. The fourth-order valence-corrected chi connectivity index (χ4v) is 3.15. The van der Waals surface area contributed by atoms with E-state index in [1.54, 1.807) is 31.4 Å². The summed E-state index contributed by atoms with van der Waals surface area (Å²) >= 11 is 0. The van der Waals surface area contributed by atoms with Crippen LogP contribution in [0, 0.1) is 5.92 Å². The molecule has 1 fully saturated rings. The van der Waals surface area contributed by atoms with E-state index in [1.165, 1.54) is 0 Å². The maximum Gasteiger partial charge on any atom is 0.240 e. The Labute approximate surface area is 114 Å². The first-order valence-electron chi connectivity index (χ1n) is 6.33. The average molecular weight is 285 g/mol. The zero-order valence-corrected chi connectivity index (χ0v) is 11.8. The van der Waals surface area contributed by atoms with Crippen LogP contribution in [0.25, 0.3) is 0 Å². The summed E-state index contributed by atoms with van der Waals surface area (Å²) < 4.78 is 37.1. The van der Waals surface area contributed by atoms with Gasteiger partial charge in [0.25, 0.3) is 0 Å². The Bertz CT molecular complexity index is 492. The standard InChI is InChI=1S/C13H19NO4S/c1-17-12-4-6-13(7-5-12)19(15,16)14-9-11-3-2-8-18-10-11/h4-7,11,14H,2-3,8-10H2,1H3. The predicted octanol–water partition coefficient (Wildman–Crippen LogP) is 1.40. The molecule has 0 spiro atoms. The van der Waals surface area contributed by atoms with Crippen LogP contribution in [0.1, 0.15) is 12.8 Å². The van der Waals surface area contributed by atoms with E-state index in [9.17, 15) is 8.42 Å². The van der Waals surface area contributed by atoms with Gasteiger partial charge in [-0.3, -0.25) is 0 Å². The molecule has 2 rings (SSSR count). The molecule has 1 aromatic rings. The molecule has 0 amide bonds. The molecule has 0 saturated carbocycles. The molecule has 106 valence electrons. The Hall–Kier alpha value is -1.11. The molecular formula is C13H19NO4S. The number of hydrogen-bond donors (Lipinski definition) is 1. The summed E-state index contributed by atoms with van der Waals surface area (Å²) in [6.07, 6.45) is 2.00. The molecule has 0 bridgehead atoms. The van der Waals surface area contributed by atoms with Gasteiger partial charge in [0.15, 0.2) is 0 Å². The molecule has 1 unspecified atom stereocenters. The van der Waals surface area contributed by atoms with Crippen molar-refractivity contribution in [2.75, 3.05) is 26.9 Å². The normalized spacial score (nSPS) is 20.2. The van der Waals surface area contributed by atoms with Gasteiger partial charge in [-0.2, -0.15) is 0 Å². The third-order valence-corrected chi connectivity index (χ3v) is 4.63. The zero-order chi connectivity index (χ0) is 13.7. The van der Waals surface area contributed by atoms with Crippen molar-refractivity contribution in [3.05, 3.63) is 24.3 Å². The second kappa shape index (κ2) is 6.36. The van der Waals surface area contributed by atoms with Crippen LogP contribution in [0.5, 0.6) is 5.75 Å². The molecule has 1 atom stereocenters. The summed E-state index contributed by atoms with van der Waals surface area (Å²) in [5.41, 5.74) is 0. The van der Waals surface area contributed by atoms with Crippen molar-refractivity contribution >= 4 is 10.0 Å². The summed E-state index contributed by atoms with van der Waals surface area (Å²) in [6.45, 7) is 1.83. The Morgan fingerprint density at radius 3 is 2.68 bits per heavy atom. The van der Waals surface area contributed by atoms with E-state index in [2.05, 4.69) is 4.72 Å². The molecule has 1 aromatic carbocycles. The lowest BCUT2D eigenvalue weighted by Gasteiger charge is -2.22. The van der Waals surface area contributed by atoms with Crippen molar-refractivity contribution in [3.8, 4) is 5.75 Å². The Kier molecular flexibility index (Phi) is 4.79. The van der Waals surface area contributed by atoms with Crippen molar-refractivity contribution in [2.24, 2.45) is 5.92 Å². The lowest BCUT2D eigenvalue weighted by Crippen LogP contribution is -2.33. The number of benzene rings is 1. The summed E-state index contributed by atoms with van der Waals surface area (Å²) in [7, 11) is -1.90. The van der Waals surface area contributed by atoms with Crippen LogP contribution in [-0.2, 0) is 14.8 Å². The first kappa shape index (κ1) is 14.3. The van der Waals surface area contributed by atoms with Crippen LogP contribution in [-0.4, -0.2) is 35.3 Å². The third-order valence-electron chi connectivity index (χ3n) is 3.19.